The Hall–Kier alpha value is -1.74. The summed E-state index contributed by atoms with van der Waals surface area (Å²) in [5.74, 6) is 0.132. The summed E-state index contributed by atoms with van der Waals surface area (Å²) in [6.45, 7) is 2.58. The minimum Gasteiger partial charge on any atom is -0.367 e. The number of aromatic nitrogens is 1. The lowest BCUT2D eigenvalue weighted by atomic mass is 9.94. The first-order valence-corrected chi connectivity index (χ1v) is 6.69. The van der Waals surface area contributed by atoms with Gasteiger partial charge in [-0.1, -0.05) is 24.3 Å². The van der Waals surface area contributed by atoms with Crippen LogP contribution >= 0.6 is 0 Å². The van der Waals surface area contributed by atoms with E-state index in [2.05, 4.69) is 4.98 Å². The quantitative estimate of drug-likeness (QED) is 0.846. The zero-order valence-electron chi connectivity index (χ0n) is 11.1. The molecule has 0 amide bonds. The van der Waals surface area contributed by atoms with Crippen LogP contribution in [0.3, 0.4) is 0 Å². The zero-order chi connectivity index (χ0) is 13.3. The Bertz CT molecular complexity index is 615. The van der Waals surface area contributed by atoms with Crippen molar-refractivity contribution in [2.45, 2.75) is 31.8 Å². The molecule has 0 N–H and O–H groups in total. The van der Waals surface area contributed by atoms with Crippen molar-refractivity contribution < 1.29 is 9.53 Å². The van der Waals surface area contributed by atoms with Gasteiger partial charge in [-0.05, 0) is 31.9 Å². The molecule has 3 nitrogen and oxygen atoms in total. The molecular formula is C16H17NO2. The van der Waals surface area contributed by atoms with Crippen molar-refractivity contribution in [1.82, 2.24) is 4.98 Å². The van der Waals surface area contributed by atoms with Gasteiger partial charge in [-0.2, -0.15) is 0 Å². The van der Waals surface area contributed by atoms with Gasteiger partial charge in [0.2, 0.25) is 0 Å². The molecule has 0 radical (unpaired) electrons. The van der Waals surface area contributed by atoms with Gasteiger partial charge in [0.1, 0.15) is 5.60 Å². The molecule has 1 atom stereocenters. The molecule has 3 heteroatoms. The van der Waals surface area contributed by atoms with Gasteiger partial charge in [-0.25, -0.2) is 0 Å². The number of ether oxygens (including phenoxy) is 1. The molecule has 1 fully saturated rings. The van der Waals surface area contributed by atoms with Crippen LogP contribution in [0.4, 0.5) is 0 Å². The molecule has 1 aromatic carbocycles. The first kappa shape index (κ1) is 12.3. The lowest BCUT2D eigenvalue weighted by molar-refractivity contribution is -0.136. The van der Waals surface area contributed by atoms with Crippen LogP contribution in [0.15, 0.2) is 36.4 Å². The molecule has 1 aromatic heterocycles. The summed E-state index contributed by atoms with van der Waals surface area (Å²) < 4.78 is 5.58. The highest BCUT2D eigenvalue weighted by Gasteiger charge is 2.37. The van der Waals surface area contributed by atoms with E-state index < -0.39 is 5.60 Å². The lowest BCUT2D eigenvalue weighted by Crippen LogP contribution is -2.35. The van der Waals surface area contributed by atoms with Gasteiger partial charge in [0.15, 0.2) is 5.78 Å². The van der Waals surface area contributed by atoms with Crippen molar-refractivity contribution in [2.24, 2.45) is 0 Å². The first-order chi connectivity index (χ1) is 9.17. The Balaban J connectivity index is 1.83. The monoisotopic (exact) mass is 255 g/mol. The Morgan fingerprint density at radius 2 is 2.16 bits per heavy atom. The van der Waals surface area contributed by atoms with E-state index >= 15 is 0 Å². The van der Waals surface area contributed by atoms with Crippen LogP contribution in [-0.2, 0) is 16.0 Å². The third-order valence-corrected chi connectivity index (χ3v) is 3.81. The van der Waals surface area contributed by atoms with Crippen molar-refractivity contribution in [3.8, 4) is 0 Å². The molecule has 0 bridgehead atoms. The Kier molecular flexibility index (Phi) is 3.07. The maximum absolute atomic E-state index is 12.3. The van der Waals surface area contributed by atoms with Crippen LogP contribution in [-0.4, -0.2) is 23.0 Å². The number of hydrogen-bond acceptors (Lipinski definition) is 3. The third kappa shape index (κ3) is 2.38. The highest BCUT2D eigenvalue weighted by Crippen LogP contribution is 2.27. The van der Waals surface area contributed by atoms with Gasteiger partial charge in [0.05, 0.1) is 11.9 Å². The molecule has 19 heavy (non-hydrogen) atoms. The summed E-state index contributed by atoms with van der Waals surface area (Å²) >= 11 is 0. The molecule has 0 spiro atoms. The molecule has 1 unspecified atom stereocenters. The van der Waals surface area contributed by atoms with Crippen LogP contribution in [0.5, 0.6) is 0 Å². The van der Waals surface area contributed by atoms with E-state index in [1.807, 2.05) is 43.3 Å². The van der Waals surface area contributed by atoms with Crippen LogP contribution in [0.1, 0.15) is 25.5 Å². The smallest absolute Gasteiger partial charge is 0.170 e. The number of fused-ring (bicyclic) bond motifs is 1. The third-order valence-electron chi connectivity index (χ3n) is 3.81. The fourth-order valence-electron chi connectivity index (χ4n) is 2.56. The minimum absolute atomic E-state index is 0.132. The lowest BCUT2D eigenvalue weighted by Gasteiger charge is -2.21. The highest BCUT2D eigenvalue weighted by atomic mass is 16.5. The minimum atomic E-state index is -0.604. The maximum atomic E-state index is 12.3. The molecule has 1 aliphatic heterocycles. The standard InChI is InChI=1S/C16H17NO2/c1-16(9-4-10-19-16)15(18)11-13-8-7-12-5-2-3-6-14(12)17-13/h2-3,5-8H,4,9-11H2,1H3. The number of benzene rings is 1. The van der Waals surface area contributed by atoms with E-state index in [9.17, 15) is 4.79 Å². The fraction of sp³-hybridized carbons (Fsp3) is 0.375. The zero-order valence-corrected chi connectivity index (χ0v) is 11.1. The molecular weight excluding hydrogens is 238 g/mol. The number of ketones is 1. The van der Waals surface area contributed by atoms with E-state index in [-0.39, 0.29) is 5.78 Å². The Morgan fingerprint density at radius 3 is 2.95 bits per heavy atom. The number of carbonyl (C=O) groups excluding carboxylic acids is 1. The molecule has 2 aromatic rings. The molecule has 1 saturated heterocycles. The average Bonchev–Trinajstić information content (AvgIpc) is 2.87. The summed E-state index contributed by atoms with van der Waals surface area (Å²) in [5, 5.41) is 1.10. The number of hydrogen-bond donors (Lipinski definition) is 0. The molecule has 0 aliphatic carbocycles. The van der Waals surface area contributed by atoms with Gasteiger partial charge in [0, 0.05) is 17.7 Å². The largest absolute Gasteiger partial charge is 0.367 e. The van der Waals surface area contributed by atoms with Crippen LogP contribution in [0.2, 0.25) is 0 Å². The number of pyridine rings is 1. The average molecular weight is 255 g/mol. The number of rotatable bonds is 3. The molecule has 3 rings (SSSR count). The summed E-state index contributed by atoms with van der Waals surface area (Å²) in [5.41, 5.74) is 1.15. The first-order valence-electron chi connectivity index (χ1n) is 6.69. The summed E-state index contributed by atoms with van der Waals surface area (Å²) in [7, 11) is 0. The molecule has 0 saturated carbocycles. The Labute approximate surface area is 112 Å². The normalized spacial score (nSPS) is 22.8. The SMILES string of the molecule is CC1(C(=O)Cc2ccc3ccccc3n2)CCCO1. The molecule has 98 valence electrons. The number of carbonyl (C=O) groups is 1. The van der Waals surface area contributed by atoms with Crippen LogP contribution in [0, 0.1) is 0 Å². The van der Waals surface area contributed by atoms with Crippen molar-refractivity contribution in [2.75, 3.05) is 6.61 Å². The van der Waals surface area contributed by atoms with Gasteiger partial charge in [-0.15, -0.1) is 0 Å². The van der Waals surface area contributed by atoms with Crippen molar-refractivity contribution in [1.29, 1.82) is 0 Å². The van der Waals surface area contributed by atoms with Crippen molar-refractivity contribution in [3.05, 3.63) is 42.1 Å². The van der Waals surface area contributed by atoms with E-state index in [1.165, 1.54) is 0 Å². The van der Waals surface area contributed by atoms with Crippen molar-refractivity contribution in [3.63, 3.8) is 0 Å². The molecule has 2 heterocycles. The predicted molar refractivity (Wildman–Crippen MR) is 74.0 cm³/mol. The van der Waals surface area contributed by atoms with Gasteiger partial charge >= 0.3 is 0 Å². The number of Topliss-reactive ketones (excluding diaryl/α,β-unsaturated/α-hetero) is 1. The number of para-hydroxylation sites is 1. The Morgan fingerprint density at radius 1 is 1.32 bits per heavy atom. The second kappa shape index (κ2) is 4.74. The summed E-state index contributed by atoms with van der Waals surface area (Å²) in [4.78, 5) is 16.8. The fourth-order valence-corrected chi connectivity index (χ4v) is 2.56. The second-order valence-electron chi connectivity index (χ2n) is 5.28. The molecule has 1 aliphatic rings. The van der Waals surface area contributed by atoms with Gasteiger partial charge in [-0.3, -0.25) is 9.78 Å². The maximum Gasteiger partial charge on any atom is 0.170 e. The summed E-state index contributed by atoms with van der Waals surface area (Å²) in [6.07, 6.45) is 2.13. The van der Waals surface area contributed by atoms with Crippen molar-refractivity contribution >= 4 is 16.7 Å². The summed E-state index contributed by atoms with van der Waals surface area (Å²) in [6, 6.07) is 11.9. The van der Waals surface area contributed by atoms with E-state index in [1.54, 1.807) is 0 Å². The van der Waals surface area contributed by atoms with E-state index in [0.29, 0.717) is 13.0 Å². The van der Waals surface area contributed by atoms with E-state index in [4.69, 9.17) is 4.74 Å². The van der Waals surface area contributed by atoms with Gasteiger partial charge < -0.3 is 4.74 Å². The topological polar surface area (TPSA) is 39.2 Å². The predicted octanol–water partition coefficient (Wildman–Crippen LogP) is 2.92. The van der Waals surface area contributed by atoms with Gasteiger partial charge in [0.25, 0.3) is 0 Å². The highest BCUT2D eigenvalue weighted by molar-refractivity contribution is 5.89. The second-order valence-corrected chi connectivity index (χ2v) is 5.28. The number of nitrogens with zero attached hydrogens (tertiary/aromatic N) is 1. The van der Waals surface area contributed by atoms with Crippen LogP contribution < -0.4 is 0 Å². The van der Waals surface area contributed by atoms with Crippen LogP contribution in [0.25, 0.3) is 10.9 Å². The van der Waals surface area contributed by atoms with E-state index in [0.717, 1.165) is 29.4 Å².